The lowest BCUT2D eigenvalue weighted by atomic mass is 10.3. The quantitative estimate of drug-likeness (QED) is 0.746. The highest BCUT2D eigenvalue weighted by atomic mass is 32.2. The van der Waals surface area contributed by atoms with Crippen molar-refractivity contribution in [1.82, 2.24) is 15.4 Å². The van der Waals surface area contributed by atoms with Gasteiger partial charge in [-0.2, -0.15) is 0 Å². The number of hydrogen-bond acceptors (Lipinski definition) is 5. The molecule has 78 valence electrons. The predicted molar refractivity (Wildman–Crippen MR) is 57.3 cm³/mol. The average Bonchev–Trinajstić information content (AvgIpc) is 2.71. The van der Waals surface area contributed by atoms with Gasteiger partial charge in [-0.25, -0.2) is 10.2 Å². The van der Waals surface area contributed by atoms with Crippen molar-refractivity contribution in [1.29, 1.82) is 0 Å². The Bertz CT molecular complexity index is 361. The molecule has 0 spiro atoms. The minimum absolute atomic E-state index is 0.507. The lowest BCUT2D eigenvalue weighted by Crippen LogP contribution is -2.43. The van der Waals surface area contributed by atoms with Gasteiger partial charge in [-0.3, -0.25) is 5.43 Å². The third-order valence-corrected chi connectivity index (χ3v) is 2.24. The van der Waals surface area contributed by atoms with Crippen LogP contribution in [0.15, 0.2) is 41.9 Å². The molecular formula is C9H9N3O2S. The van der Waals surface area contributed by atoms with Gasteiger partial charge in [0, 0.05) is 11.6 Å². The second kappa shape index (κ2) is 4.72. The monoisotopic (exact) mass is 223 g/mol. The Morgan fingerprint density at radius 1 is 1.40 bits per heavy atom. The van der Waals surface area contributed by atoms with Crippen molar-refractivity contribution in [2.75, 3.05) is 0 Å². The van der Waals surface area contributed by atoms with Crippen molar-refractivity contribution in [3.63, 3.8) is 0 Å². The molecule has 0 saturated heterocycles. The lowest BCUT2D eigenvalue weighted by molar-refractivity contribution is 0.175. The zero-order valence-electron chi connectivity index (χ0n) is 7.71. The summed E-state index contributed by atoms with van der Waals surface area (Å²) in [7, 11) is 0. The largest absolute Gasteiger partial charge is 0.429 e. The summed E-state index contributed by atoms with van der Waals surface area (Å²) in [5.74, 6) is 0.507. The van der Waals surface area contributed by atoms with Crippen LogP contribution in [0.4, 0.5) is 4.79 Å². The van der Waals surface area contributed by atoms with Gasteiger partial charge in [0.05, 0.1) is 0 Å². The highest BCUT2D eigenvalue weighted by molar-refractivity contribution is 8.00. The number of hydrogen-bond donors (Lipinski definition) is 2. The topological polar surface area (TPSA) is 53.6 Å². The summed E-state index contributed by atoms with van der Waals surface area (Å²) in [5.41, 5.74) is 5.27. The number of rotatable bonds is 2. The van der Waals surface area contributed by atoms with Crippen LogP contribution in [0.25, 0.3) is 0 Å². The molecule has 2 N–H and O–H groups in total. The maximum absolute atomic E-state index is 11.3. The smallest absolute Gasteiger partial charge is 0.409 e. The van der Waals surface area contributed by atoms with E-state index in [-0.39, 0.29) is 0 Å². The van der Waals surface area contributed by atoms with Gasteiger partial charge in [0.1, 0.15) is 5.75 Å². The maximum atomic E-state index is 11.3. The molecule has 6 heteroatoms. The fourth-order valence-electron chi connectivity index (χ4n) is 0.980. The highest BCUT2D eigenvalue weighted by Gasteiger charge is 2.11. The third kappa shape index (κ3) is 2.90. The van der Waals surface area contributed by atoms with E-state index in [1.54, 1.807) is 35.9 Å². The number of hydrazine groups is 2. The van der Waals surface area contributed by atoms with Gasteiger partial charge in [0.25, 0.3) is 0 Å². The van der Waals surface area contributed by atoms with E-state index in [1.165, 1.54) is 16.5 Å². The Hall–Kier alpha value is -1.66. The Morgan fingerprint density at radius 3 is 2.87 bits per heavy atom. The molecule has 1 amide bonds. The van der Waals surface area contributed by atoms with Crippen LogP contribution in [-0.2, 0) is 0 Å². The van der Waals surface area contributed by atoms with Gasteiger partial charge in [-0.1, -0.05) is 22.7 Å². The Labute approximate surface area is 91.2 Å². The number of carbonyl (C=O) groups is 1. The zero-order chi connectivity index (χ0) is 10.5. The number of nitrogens with one attached hydrogen (secondary N) is 2. The van der Waals surface area contributed by atoms with E-state index < -0.39 is 6.09 Å². The molecule has 1 heterocycles. The molecule has 0 saturated carbocycles. The molecule has 0 aliphatic carbocycles. The van der Waals surface area contributed by atoms with Crippen LogP contribution in [0.3, 0.4) is 0 Å². The van der Waals surface area contributed by atoms with Crippen molar-refractivity contribution in [2.45, 2.75) is 0 Å². The average molecular weight is 223 g/mol. The Morgan fingerprint density at radius 2 is 2.20 bits per heavy atom. The first-order valence-corrected chi connectivity index (χ1v) is 5.10. The molecule has 0 bridgehead atoms. The van der Waals surface area contributed by atoms with Crippen molar-refractivity contribution in [3.8, 4) is 5.75 Å². The van der Waals surface area contributed by atoms with Crippen LogP contribution >= 0.6 is 11.9 Å². The lowest BCUT2D eigenvalue weighted by Gasteiger charge is -2.14. The van der Waals surface area contributed by atoms with Gasteiger partial charge in [0.15, 0.2) is 0 Å². The summed E-state index contributed by atoms with van der Waals surface area (Å²) in [4.78, 5) is 11.3. The van der Waals surface area contributed by atoms with Gasteiger partial charge >= 0.3 is 6.09 Å². The van der Waals surface area contributed by atoms with Gasteiger partial charge in [0.2, 0.25) is 0 Å². The first-order chi connectivity index (χ1) is 7.34. The molecule has 5 nitrogen and oxygen atoms in total. The van der Waals surface area contributed by atoms with Crippen LogP contribution < -0.4 is 15.6 Å². The number of ether oxygens (including phenoxy) is 1. The summed E-state index contributed by atoms with van der Waals surface area (Å²) in [6.45, 7) is 0. The molecule has 1 aliphatic heterocycles. The number of amides is 1. The minimum atomic E-state index is -0.537. The Kier molecular flexibility index (Phi) is 3.11. The van der Waals surface area contributed by atoms with E-state index in [0.29, 0.717) is 5.75 Å². The first kappa shape index (κ1) is 9.88. The number of para-hydroxylation sites is 1. The molecule has 0 unspecified atom stereocenters. The molecule has 1 aliphatic rings. The normalized spacial score (nSPS) is 14.7. The van der Waals surface area contributed by atoms with Gasteiger partial charge in [-0.15, -0.1) is 0 Å². The third-order valence-electron chi connectivity index (χ3n) is 1.57. The standard InChI is InChI=1S/C9H9N3O2S/c13-9(11-12-10-6-7-15-12)14-8-4-2-1-3-5-8/h1-7,10H,(H,11,13). The summed E-state index contributed by atoms with van der Waals surface area (Å²) in [5, 5.41) is 1.79. The molecular weight excluding hydrogens is 214 g/mol. The van der Waals surface area contributed by atoms with E-state index >= 15 is 0 Å². The first-order valence-electron chi connectivity index (χ1n) is 4.26. The van der Waals surface area contributed by atoms with Crippen LogP contribution in [0.1, 0.15) is 0 Å². The highest BCUT2D eigenvalue weighted by Crippen LogP contribution is 2.12. The molecule has 1 aromatic carbocycles. The summed E-state index contributed by atoms with van der Waals surface area (Å²) in [6.07, 6.45) is 1.16. The second-order valence-electron chi connectivity index (χ2n) is 2.65. The molecule has 0 atom stereocenters. The van der Waals surface area contributed by atoms with E-state index in [9.17, 15) is 4.79 Å². The van der Waals surface area contributed by atoms with Crippen molar-refractivity contribution < 1.29 is 9.53 Å². The SMILES string of the molecule is O=C(NN1NC=CS1)Oc1ccccc1. The number of nitrogens with zero attached hydrogens (tertiary/aromatic N) is 1. The Balaban J connectivity index is 1.82. The maximum Gasteiger partial charge on any atom is 0.429 e. The molecule has 0 radical (unpaired) electrons. The molecule has 15 heavy (non-hydrogen) atoms. The van der Waals surface area contributed by atoms with Crippen LogP contribution in [-0.4, -0.2) is 10.6 Å². The fourth-order valence-corrected chi connectivity index (χ4v) is 1.47. The van der Waals surface area contributed by atoms with Crippen LogP contribution in [0, 0.1) is 0 Å². The summed E-state index contributed by atoms with van der Waals surface area (Å²) >= 11 is 1.31. The molecule has 0 aromatic heterocycles. The second-order valence-corrected chi connectivity index (χ2v) is 3.49. The van der Waals surface area contributed by atoms with Crippen LogP contribution in [0.5, 0.6) is 5.75 Å². The molecule has 1 aromatic rings. The van der Waals surface area contributed by atoms with Gasteiger partial charge < -0.3 is 4.74 Å². The fraction of sp³-hybridized carbons (Fsp3) is 0. The van der Waals surface area contributed by atoms with Gasteiger partial charge in [-0.05, 0) is 24.1 Å². The van der Waals surface area contributed by atoms with Crippen molar-refractivity contribution >= 4 is 18.0 Å². The zero-order valence-corrected chi connectivity index (χ0v) is 8.53. The van der Waals surface area contributed by atoms with E-state index in [4.69, 9.17) is 4.74 Å². The number of benzene rings is 1. The van der Waals surface area contributed by atoms with E-state index in [2.05, 4.69) is 10.9 Å². The van der Waals surface area contributed by atoms with Crippen molar-refractivity contribution in [3.05, 3.63) is 41.9 Å². The predicted octanol–water partition coefficient (Wildman–Crippen LogP) is 1.63. The summed E-state index contributed by atoms with van der Waals surface area (Å²) in [6, 6.07) is 8.87. The molecule has 0 fully saturated rings. The van der Waals surface area contributed by atoms with E-state index in [0.717, 1.165) is 0 Å². The van der Waals surface area contributed by atoms with Crippen LogP contribution in [0.2, 0.25) is 0 Å². The van der Waals surface area contributed by atoms with Crippen molar-refractivity contribution in [2.24, 2.45) is 0 Å². The number of carbonyl (C=O) groups excluding carboxylic acids is 1. The van der Waals surface area contributed by atoms with E-state index in [1.807, 2.05) is 6.07 Å². The summed E-state index contributed by atoms with van der Waals surface area (Å²) < 4.78 is 6.44. The minimum Gasteiger partial charge on any atom is -0.409 e. The molecule has 2 rings (SSSR count).